The monoisotopic (exact) mass is 247 g/mol. The summed E-state index contributed by atoms with van der Waals surface area (Å²) in [6.07, 6.45) is 3.35. The summed E-state index contributed by atoms with van der Waals surface area (Å²) in [5.74, 6) is -0.151. The molecule has 1 atom stereocenters. The van der Waals surface area contributed by atoms with Gasteiger partial charge in [-0.15, -0.1) is 0 Å². The van der Waals surface area contributed by atoms with E-state index in [2.05, 4.69) is 10.3 Å². The van der Waals surface area contributed by atoms with Crippen LogP contribution in [0.3, 0.4) is 0 Å². The molecule has 0 aliphatic carbocycles. The Kier molecular flexibility index (Phi) is 3.32. The van der Waals surface area contributed by atoms with Gasteiger partial charge in [-0.1, -0.05) is 13.8 Å². The predicted octanol–water partition coefficient (Wildman–Crippen LogP) is 0.877. The summed E-state index contributed by atoms with van der Waals surface area (Å²) in [4.78, 5) is 29.6. The van der Waals surface area contributed by atoms with Gasteiger partial charge in [0.05, 0.1) is 18.4 Å². The molecule has 5 nitrogen and oxygen atoms in total. The average molecular weight is 247 g/mol. The molecule has 18 heavy (non-hydrogen) atoms. The lowest BCUT2D eigenvalue weighted by atomic mass is 9.98. The fourth-order valence-electron chi connectivity index (χ4n) is 2.20. The topological polar surface area (TPSA) is 62.3 Å². The van der Waals surface area contributed by atoms with E-state index in [1.165, 1.54) is 0 Å². The van der Waals surface area contributed by atoms with Crippen molar-refractivity contribution in [3.05, 3.63) is 24.0 Å². The molecular formula is C13H17N3O2. The summed E-state index contributed by atoms with van der Waals surface area (Å²) in [6, 6.07) is 1.41. The second-order valence-electron chi connectivity index (χ2n) is 4.89. The molecule has 0 radical (unpaired) electrons. The Hall–Kier alpha value is -1.91. The number of aromatic nitrogens is 1. The number of piperazine rings is 1. The van der Waals surface area contributed by atoms with Crippen molar-refractivity contribution in [1.82, 2.24) is 10.3 Å². The van der Waals surface area contributed by atoms with Gasteiger partial charge in [-0.25, -0.2) is 0 Å². The van der Waals surface area contributed by atoms with Crippen molar-refractivity contribution in [2.24, 2.45) is 5.92 Å². The maximum Gasteiger partial charge on any atom is 0.247 e. The van der Waals surface area contributed by atoms with Crippen LogP contribution in [0, 0.1) is 12.8 Å². The lowest BCUT2D eigenvalue weighted by molar-refractivity contribution is -0.131. The van der Waals surface area contributed by atoms with E-state index < -0.39 is 6.04 Å². The van der Waals surface area contributed by atoms with E-state index in [-0.39, 0.29) is 24.3 Å². The summed E-state index contributed by atoms with van der Waals surface area (Å²) in [7, 11) is 0. The molecule has 2 heterocycles. The minimum absolute atomic E-state index is 0.0507. The molecule has 1 fully saturated rings. The van der Waals surface area contributed by atoms with Gasteiger partial charge in [0, 0.05) is 6.20 Å². The Morgan fingerprint density at radius 3 is 2.72 bits per heavy atom. The van der Waals surface area contributed by atoms with Gasteiger partial charge in [0.1, 0.15) is 6.04 Å². The van der Waals surface area contributed by atoms with Gasteiger partial charge in [0.2, 0.25) is 11.8 Å². The molecule has 1 unspecified atom stereocenters. The molecule has 0 spiro atoms. The normalized spacial score (nSPS) is 20.2. The zero-order valence-electron chi connectivity index (χ0n) is 10.8. The first kappa shape index (κ1) is 12.5. The Bertz CT molecular complexity index is 485. The molecule has 0 aromatic carbocycles. The summed E-state index contributed by atoms with van der Waals surface area (Å²) < 4.78 is 0. The summed E-state index contributed by atoms with van der Waals surface area (Å²) in [6.45, 7) is 5.82. The number of carbonyl (C=O) groups is 2. The third-order valence-electron chi connectivity index (χ3n) is 3.00. The molecule has 2 rings (SSSR count). The van der Waals surface area contributed by atoms with E-state index in [0.717, 1.165) is 5.56 Å². The van der Waals surface area contributed by atoms with Crippen molar-refractivity contribution in [2.45, 2.75) is 26.8 Å². The molecule has 5 heteroatoms. The first-order valence-corrected chi connectivity index (χ1v) is 6.02. The number of hydrogen-bond donors (Lipinski definition) is 1. The maximum absolute atomic E-state index is 12.0. The number of nitrogens with zero attached hydrogens (tertiary/aromatic N) is 2. The van der Waals surface area contributed by atoms with Crippen LogP contribution in [0.2, 0.25) is 0 Å². The smallest absolute Gasteiger partial charge is 0.247 e. The standard InChI is InChI=1S/C13H17N3O2/c1-8(2)12-13(18)15-7-11(17)16(12)10-4-9(3)5-14-6-10/h4-6,8,12H,7H2,1-3H3,(H,15,18). The third kappa shape index (κ3) is 2.20. The molecule has 2 amide bonds. The van der Waals surface area contributed by atoms with Crippen LogP contribution in [0.25, 0.3) is 0 Å². The highest BCUT2D eigenvalue weighted by atomic mass is 16.2. The Morgan fingerprint density at radius 2 is 2.11 bits per heavy atom. The molecular weight excluding hydrogens is 230 g/mol. The number of pyridine rings is 1. The van der Waals surface area contributed by atoms with Crippen LogP contribution in [-0.4, -0.2) is 29.4 Å². The van der Waals surface area contributed by atoms with Crippen molar-refractivity contribution >= 4 is 17.5 Å². The summed E-state index contributed by atoms with van der Waals surface area (Å²) in [5, 5.41) is 2.63. The first-order chi connectivity index (χ1) is 8.50. The molecule has 1 aromatic rings. The van der Waals surface area contributed by atoms with Crippen molar-refractivity contribution in [3.8, 4) is 0 Å². The van der Waals surface area contributed by atoms with Gasteiger partial charge >= 0.3 is 0 Å². The highest BCUT2D eigenvalue weighted by Crippen LogP contribution is 2.23. The molecule has 1 aliphatic heterocycles. The Balaban J connectivity index is 2.43. The number of hydrogen-bond acceptors (Lipinski definition) is 3. The molecule has 0 saturated carbocycles. The number of rotatable bonds is 2. The van der Waals surface area contributed by atoms with Gasteiger partial charge in [0.15, 0.2) is 0 Å². The third-order valence-corrected chi connectivity index (χ3v) is 3.00. The lowest BCUT2D eigenvalue weighted by Gasteiger charge is -2.37. The number of amides is 2. The molecule has 96 valence electrons. The predicted molar refractivity (Wildman–Crippen MR) is 68.1 cm³/mol. The van der Waals surface area contributed by atoms with Crippen molar-refractivity contribution in [3.63, 3.8) is 0 Å². The van der Waals surface area contributed by atoms with E-state index in [4.69, 9.17) is 0 Å². The molecule has 1 saturated heterocycles. The maximum atomic E-state index is 12.0. The number of aryl methyl sites for hydroxylation is 1. The largest absolute Gasteiger partial charge is 0.345 e. The SMILES string of the molecule is Cc1cncc(N2C(=O)CNC(=O)C2C(C)C)c1. The number of anilines is 1. The molecule has 1 aliphatic rings. The van der Waals surface area contributed by atoms with Crippen LogP contribution in [-0.2, 0) is 9.59 Å². The first-order valence-electron chi connectivity index (χ1n) is 6.02. The van der Waals surface area contributed by atoms with E-state index >= 15 is 0 Å². The van der Waals surface area contributed by atoms with Gasteiger partial charge < -0.3 is 5.32 Å². The zero-order valence-corrected chi connectivity index (χ0v) is 10.8. The Morgan fingerprint density at radius 1 is 1.39 bits per heavy atom. The molecule has 1 aromatic heterocycles. The Labute approximate surface area is 106 Å². The molecule has 0 bridgehead atoms. The van der Waals surface area contributed by atoms with Crippen LogP contribution in [0.4, 0.5) is 5.69 Å². The van der Waals surface area contributed by atoms with Crippen LogP contribution in [0.1, 0.15) is 19.4 Å². The van der Waals surface area contributed by atoms with Crippen molar-refractivity contribution < 1.29 is 9.59 Å². The van der Waals surface area contributed by atoms with Gasteiger partial charge in [0.25, 0.3) is 0 Å². The molecule has 1 N–H and O–H groups in total. The fourth-order valence-corrected chi connectivity index (χ4v) is 2.20. The second kappa shape index (κ2) is 4.76. The van der Waals surface area contributed by atoms with Gasteiger partial charge in [-0.3, -0.25) is 19.5 Å². The highest BCUT2D eigenvalue weighted by molar-refractivity contribution is 6.06. The quantitative estimate of drug-likeness (QED) is 0.843. The van der Waals surface area contributed by atoms with Crippen LogP contribution >= 0.6 is 0 Å². The van der Waals surface area contributed by atoms with Crippen LogP contribution in [0.5, 0.6) is 0 Å². The number of nitrogens with one attached hydrogen (secondary N) is 1. The minimum Gasteiger partial charge on any atom is -0.345 e. The number of carbonyl (C=O) groups excluding carboxylic acids is 2. The van der Waals surface area contributed by atoms with Gasteiger partial charge in [-0.05, 0) is 24.5 Å². The van der Waals surface area contributed by atoms with Crippen molar-refractivity contribution in [1.29, 1.82) is 0 Å². The van der Waals surface area contributed by atoms with E-state index in [0.29, 0.717) is 5.69 Å². The average Bonchev–Trinajstić information content (AvgIpc) is 2.31. The van der Waals surface area contributed by atoms with Crippen LogP contribution in [0.15, 0.2) is 18.5 Å². The van der Waals surface area contributed by atoms with E-state index in [9.17, 15) is 9.59 Å². The fraction of sp³-hybridized carbons (Fsp3) is 0.462. The van der Waals surface area contributed by atoms with Crippen molar-refractivity contribution in [2.75, 3.05) is 11.4 Å². The van der Waals surface area contributed by atoms with E-state index in [1.807, 2.05) is 26.8 Å². The highest BCUT2D eigenvalue weighted by Gasteiger charge is 2.37. The van der Waals surface area contributed by atoms with Gasteiger partial charge in [-0.2, -0.15) is 0 Å². The summed E-state index contributed by atoms with van der Waals surface area (Å²) in [5.41, 5.74) is 1.65. The minimum atomic E-state index is -0.463. The summed E-state index contributed by atoms with van der Waals surface area (Å²) >= 11 is 0. The lowest BCUT2D eigenvalue weighted by Crippen LogP contribution is -2.60. The zero-order chi connectivity index (χ0) is 13.3. The second-order valence-corrected chi connectivity index (χ2v) is 4.89. The van der Waals surface area contributed by atoms with E-state index in [1.54, 1.807) is 17.3 Å². The van der Waals surface area contributed by atoms with Crippen LogP contribution < -0.4 is 10.2 Å².